The average Bonchev–Trinajstić information content (AvgIpc) is 2.49. The summed E-state index contributed by atoms with van der Waals surface area (Å²) in [7, 11) is 3.80. The Bertz CT molecular complexity index is 330. The Labute approximate surface area is 77.9 Å². The average molecular weight is 176 g/mol. The van der Waals surface area contributed by atoms with E-state index in [0.717, 1.165) is 0 Å². The van der Waals surface area contributed by atoms with E-state index in [2.05, 4.69) is 15.9 Å². The van der Waals surface area contributed by atoms with Crippen LogP contribution in [0.25, 0.3) is 0 Å². The van der Waals surface area contributed by atoms with E-state index in [1.807, 2.05) is 25.2 Å². The smallest absolute Gasteiger partial charge is 0.231 e. The molecule has 1 heterocycles. The van der Waals surface area contributed by atoms with Crippen LogP contribution in [0, 0.1) is 12.3 Å². The van der Waals surface area contributed by atoms with E-state index < -0.39 is 0 Å². The summed E-state index contributed by atoms with van der Waals surface area (Å²) in [5, 5.41) is 0. The van der Waals surface area contributed by atoms with Crippen LogP contribution < -0.4 is 0 Å². The Kier molecular flexibility index (Phi) is 3.09. The normalized spacial score (nSPS) is 10.2. The van der Waals surface area contributed by atoms with Gasteiger partial charge in [-0.3, -0.25) is 0 Å². The molecule has 4 heteroatoms. The fraction of sp³-hybridized carbons (Fsp3) is 0.333. The highest BCUT2D eigenvalue weighted by Crippen LogP contribution is 2.06. The van der Waals surface area contributed by atoms with Crippen molar-refractivity contribution >= 4 is 12.3 Å². The van der Waals surface area contributed by atoms with Crippen LogP contribution in [0.1, 0.15) is 0 Å². The van der Waals surface area contributed by atoms with Crippen molar-refractivity contribution in [2.45, 2.75) is 6.54 Å². The molecule has 68 valence electrons. The molecule has 0 aliphatic carbocycles. The van der Waals surface area contributed by atoms with E-state index in [4.69, 9.17) is 6.42 Å². The monoisotopic (exact) mass is 176 g/mol. The van der Waals surface area contributed by atoms with Crippen LogP contribution in [0.4, 0.5) is 5.95 Å². The number of nitrogens with zero attached hydrogens (tertiary/aromatic N) is 4. The lowest BCUT2D eigenvalue weighted by atomic mass is 10.6. The summed E-state index contributed by atoms with van der Waals surface area (Å²) in [5.74, 6) is 3.16. The van der Waals surface area contributed by atoms with Gasteiger partial charge in [0.05, 0.1) is 12.9 Å². The molecule has 0 aliphatic rings. The highest BCUT2D eigenvalue weighted by Gasteiger charge is 1.96. The molecule has 0 unspecified atom stereocenters. The first-order chi connectivity index (χ1) is 6.24. The van der Waals surface area contributed by atoms with E-state index in [9.17, 15) is 0 Å². The zero-order valence-corrected chi connectivity index (χ0v) is 7.81. The molecule has 0 bridgehead atoms. The number of rotatable bonds is 3. The van der Waals surface area contributed by atoms with Gasteiger partial charge in [0.15, 0.2) is 0 Å². The van der Waals surface area contributed by atoms with Crippen molar-refractivity contribution in [3.05, 3.63) is 12.4 Å². The van der Waals surface area contributed by atoms with Crippen LogP contribution in [-0.4, -0.2) is 34.9 Å². The lowest BCUT2D eigenvalue weighted by Gasteiger charge is -2.02. The lowest BCUT2D eigenvalue weighted by Crippen LogP contribution is -2.07. The van der Waals surface area contributed by atoms with Gasteiger partial charge in [-0.25, -0.2) is 9.98 Å². The van der Waals surface area contributed by atoms with Crippen molar-refractivity contribution in [1.29, 1.82) is 0 Å². The van der Waals surface area contributed by atoms with E-state index in [1.165, 1.54) is 0 Å². The summed E-state index contributed by atoms with van der Waals surface area (Å²) < 4.78 is 1.81. The Hall–Kier alpha value is -1.76. The van der Waals surface area contributed by atoms with Crippen molar-refractivity contribution < 1.29 is 0 Å². The zero-order chi connectivity index (χ0) is 9.68. The SMILES string of the molecule is C#CCn1ccnc1N=CN(C)C. The number of imidazole rings is 1. The van der Waals surface area contributed by atoms with Gasteiger partial charge >= 0.3 is 0 Å². The topological polar surface area (TPSA) is 33.4 Å². The number of aliphatic imine (C=N–C) groups is 1. The molecule has 0 atom stereocenters. The predicted octanol–water partition coefficient (Wildman–Crippen LogP) is 0.738. The van der Waals surface area contributed by atoms with E-state index in [-0.39, 0.29) is 0 Å². The van der Waals surface area contributed by atoms with Gasteiger partial charge in [0, 0.05) is 26.5 Å². The second kappa shape index (κ2) is 4.31. The molecule has 0 radical (unpaired) electrons. The zero-order valence-electron chi connectivity index (χ0n) is 7.81. The standard InChI is InChI=1S/C9H12N4/c1-4-6-13-7-5-10-9(13)11-8-12(2)3/h1,5,7-8H,6H2,2-3H3. The molecule has 1 rings (SSSR count). The summed E-state index contributed by atoms with van der Waals surface area (Å²) in [4.78, 5) is 10.0. The third kappa shape index (κ3) is 2.64. The molecule has 0 fully saturated rings. The number of aromatic nitrogens is 2. The third-order valence-corrected chi connectivity index (χ3v) is 1.36. The minimum absolute atomic E-state index is 0.500. The van der Waals surface area contributed by atoms with Crippen LogP contribution in [0.5, 0.6) is 0 Å². The van der Waals surface area contributed by atoms with E-state index in [1.54, 1.807) is 17.1 Å². The summed E-state index contributed by atoms with van der Waals surface area (Å²) >= 11 is 0. The maximum atomic E-state index is 5.18. The molecule has 1 aromatic rings. The first-order valence-electron chi connectivity index (χ1n) is 3.89. The lowest BCUT2D eigenvalue weighted by molar-refractivity contribution is 0.641. The Balaban J connectivity index is 2.77. The minimum atomic E-state index is 0.500. The quantitative estimate of drug-likeness (QED) is 0.386. The fourth-order valence-electron chi connectivity index (χ4n) is 0.818. The van der Waals surface area contributed by atoms with Gasteiger partial charge in [-0.1, -0.05) is 5.92 Å². The van der Waals surface area contributed by atoms with Crippen molar-refractivity contribution in [3.63, 3.8) is 0 Å². The maximum absolute atomic E-state index is 5.18. The van der Waals surface area contributed by atoms with Crippen LogP contribution >= 0.6 is 0 Å². The Morgan fingerprint density at radius 1 is 1.77 bits per heavy atom. The first kappa shape index (κ1) is 9.33. The Morgan fingerprint density at radius 3 is 3.15 bits per heavy atom. The first-order valence-corrected chi connectivity index (χ1v) is 3.89. The number of terminal acetylenes is 1. The molecule has 0 N–H and O–H groups in total. The molecule has 0 saturated carbocycles. The maximum Gasteiger partial charge on any atom is 0.231 e. The molecular formula is C9H12N4. The molecule has 4 nitrogen and oxygen atoms in total. The van der Waals surface area contributed by atoms with Crippen LogP contribution in [0.2, 0.25) is 0 Å². The number of hydrogen-bond donors (Lipinski definition) is 0. The van der Waals surface area contributed by atoms with E-state index in [0.29, 0.717) is 12.5 Å². The molecule has 13 heavy (non-hydrogen) atoms. The highest BCUT2D eigenvalue weighted by atomic mass is 15.2. The third-order valence-electron chi connectivity index (χ3n) is 1.36. The van der Waals surface area contributed by atoms with E-state index >= 15 is 0 Å². The van der Waals surface area contributed by atoms with Gasteiger partial charge < -0.3 is 9.47 Å². The summed E-state index contributed by atoms with van der Waals surface area (Å²) in [6.07, 6.45) is 10.4. The predicted molar refractivity (Wildman–Crippen MR) is 52.9 cm³/mol. The van der Waals surface area contributed by atoms with Gasteiger partial charge in [0.2, 0.25) is 5.95 Å². The second-order valence-corrected chi connectivity index (χ2v) is 2.77. The molecule has 0 spiro atoms. The van der Waals surface area contributed by atoms with Crippen molar-refractivity contribution in [3.8, 4) is 12.3 Å². The van der Waals surface area contributed by atoms with Gasteiger partial charge in [-0.15, -0.1) is 6.42 Å². The van der Waals surface area contributed by atoms with Crippen molar-refractivity contribution in [1.82, 2.24) is 14.5 Å². The highest BCUT2D eigenvalue weighted by molar-refractivity contribution is 5.57. The molecule has 0 saturated heterocycles. The molecule has 0 aliphatic heterocycles. The van der Waals surface area contributed by atoms with Crippen molar-refractivity contribution in [2.24, 2.45) is 4.99 Å². The molecular weight excluding hydrogens is 164 g/mol. The van der Waals surface area contributed by atoms with Gasteiger partial charge in [0.25, 0.3) is 0 Å². The largest absolute Gasteiger partial charge is 0.369 e. The molecule has 0 amide bonds. The second-order valence-electron chi connectivity index (χ2n) is 2.77. The Morgan fingerprint density at radius 2 is 2.54 bits per heavy atom. The summed E-state index contributed by atoms with van der Waals surface area (Å²) in [6.45, 7) is 0.500. The molecule has 0 aromatic carbocycles. The van der Waals surface area contributed by atoms with Gasteiger partial charge in [-0.2, -0.15) is 0 Å². The van der Waals surface area contributed by atoms with Crippen LogP contribution in [-0.2, 0) is 6.54 Å². The summed E-state index contributed by atoms with van der Waals surface area (Å²) in [5.41, 5.74) is 0. The van der Waals surface area contributed by atoms with Gasteiger partial charge in [0.1, 0.15) is 0 Å². The molecule has 1 aromatic heterocycles. The fourth-order valence-corrected chi connectivity index (χ4v) is 0.818. The minimum Gasteiger partial charge on any atom is -0.369 e. The van der Waals surface area contributed by atoms with Crippen molar-refractivity contribution in [2.75, 3.05) is 14.1 Å². The van der Waals surface area contributed by atoms with Gasteiger partial charge in [-0.05, 0) is 0 Å². The number of hydrogen-bond acceptors (Lipinski definition) is 2. The van der Waals surface area contributed by atoms with Crippen LogP contribution in [0.15, 0.2) is 17.4 Å². The van der Waals surface area contributed by atoms with Crippen LogP contribution in [0.3, 0.4) is 0 Å². The summed E-state index contributed by atoms with van der Waals surface area (Å²) in [6, 6.07) is 0.